The van der Waals surface area contributed by atoms with E-state index in [4.69, 9.17) is 11.6 Å². The molecule has 2 nitrogen and oxygen atoms in total. The first kappa shape index (κ1) is 7.99. The van der Waals surface area contributed by atoms with Crippen LogP contribution < -0.4 is 0 Å². The summed E-state index contributed by atoms with van der Waals surface area (Å²) < 4.78 is 0. The van der Waals surface area contributed by atoms with Crippen molar-refractivity contribution in [1.82, 2.24) is 0 Å². The van der Waals surface area contributed by atoms with Crippen LogP contribution in [0.25, 0.3) is 0 Å². The van der Waals surface area contributed by atoms with E-state index in [1.54, 1.807) is 12.1 Å². The lowest BCUT2D eigenvalue weighted by molar-refractivity contribution is 0.563. The molecule has 0 spiro atoms. The molecule has 0 unspecified atom stereocenters. The van der Waals surface area contributed by atoms with Crippen LogP contribution in [0, 0.1) is 0 Å². The Hall–Kier alpha value is -1.11. The number of isocyanates is 1. The van der Waals surface area contributed by atoms with Crippen molar-refractivity contribution in [3.8, 4) is 0 Å². The Bertz CT molecular complexity index is 292. The monoisotopic (exact) mass is 167 g/mol. The van der Waals surface area contributed by atoms with Crippen LogP contribution in [0.1, 0.15) is 5.56 Å². The second kappa shape index (κ2) is 3.91. The minimum Gasteiger partial charge on any atom is -0.211 e. The summed E-state index contributed by atoms with van der Waals surface area (Å²) in [6, 6.07) is 7.21. The smallest absolute Gasteiger partial charge is 0.211 e. The molecule has 0 bridgehead atoms. The number of benzene rings is 1. The third-order valence-corrected chi connectivity index (χ3v) is 1.45. The molecule has 1 aromatic rings. The summed E-state index contributed by atoms with van der Waals surface area (Å²) in [5, 5.41) is 0.656. The molecule has 0 aliphatic heterocycles. The third-order valence-electron chi connectivity index (χ3n) is 1.22. The molecule has 0 saturated carbocycles. The number of aliphatic imine (C=N–C) groups is 1. The lowest BCUT2D eigenvalue weighted by Crippen LogP contribution is -1.78. The van der Waals surface area contributed by atoms with E-state index in [1.807, 2.05) is 12.1 Å². The van der Waals surface area contributed by atoms with E-state index >= 15 is 0 Å². The van der Waals surface area contributed by atoms with E-state index in [-0.39, 0.29) is 0 Å². The highest BCUT2D eigenvalue weighted by Crippen LogP contribution is 2.10. The first-order valence-electron chi connectivity index (χ1n) is 3.11. The van der Waals surface area contributed by atoms with Crippen molar-refractivity contribution in [3.63, 3.8) is 0 Å². The number of nitrogens with zero attached hydrogens (tertiary/aromatic N) is 1. The first-order valence-corrected chi connectivity index (χ1v) is 3.49. The topological polar surface area (TPSA) is 29.4 Å². The lowest BCUT2D eigenvalue weighted by atomic mass is 10.2. The number of rotatable bonds is 2. The second-order valence-corrected chi connectivity index (χ2v) is 2.47. The molecular weight excluding hydrogens is 162 g/mol. The van der Waals surface area contributed by atoms with Gasteiger partial charge in [0.15, 0.2) is 0 Å². The Morgan fingerprint density at radius 3 is 3.00 bits per heavy atom. The fraction of sp³-hybridized carbons (Fsp3) is 0.125. The quantitative estimate of drug-likeness (QED) is 0.490. The Labute approximate surface area is 69.5 Å². The zero-order valence-corrected chi connectivity index (χ0v) is 6.51. The van der Waals surface area contributed by atoms with Gasteiger partial charge in [-0.1, -0.05) is 23.7 Å². The van der Waals surface area contributed by atoms with Crippen LogP contribution in [0.3, 0.4) is 0 Å². The van der Waals surface area contributed by atoms with Crippen LogP contribution in [0.4, 0.5) is 0 Å². The molecule has 0 aliphatic rings. The Kier molecular flexibility index (Phi) is 2.84. The molecule has 3 heteroatoms. The normalized spacial score (nSPS) is 8.82. The van der Waals surface area contributed by atoms with E-state index in [9.17, 15) is 4.79 Å². The van der Waals surface area contributed by atoms with Gasteiger partial charge in [-0.3, -0.25) is 0 Å². The largest absolute Gasteiger partial charge is 0.235 e. The predicted molar refractivity (Wildman–Crippen MR) is 43.3 cm³/mol. The maximum atomic E-state index is 9.74. The zero-order chi connectivity index (χ0) is 8.10. The van der Waals surface area contributed by atoms with Gasteiger partial charge < -0.3 is 0 Å². The van der Waals surface area contributed by atoms with Crippen molar-refractivity contribution in [2.75, 3.05) is 0 Å². The molecule has 0 aromatic heterocycles. The van der Waals surface area contributed by atoms with E-state index in [2.05, 4.69) is 4.99 Å². The summed E-state index contributed by atoms with van der Waals surface area (Å²) in [6.07, 6.45) is 1.47. The average molecular weight is 168 g/mol. The average Bonchev–Trinajstić information content (AvgIpc) is 2.01. The zero-order valence-electron chi connectivity index (χ0n) is 5.75. The van der Waals surface area contributed by atoms with Crippen molar-refractivity contribution in [3.05, 3.63) is 34.9 Å². The first-order chi connectivity index (χ1) is 5.33. The van der Waals surface area contributed by atoms with Gasteiger partial charge in [-0.15, -0.1) is 0 Å². The molecule has 56 valence electrons. The van der Waals surface area contributed by atoms with Crippen LogP contribution >= 0.6 is 11.6 Å². The second-order valence-electron chi connectivity index (χ2n) is 2.04. The fourth-order valence-corrected chi connectivity index (χ4v) is 0.972. The number of halogens is 1. The Morgan fingerprint density at radius 2 is 2.36 bits per heavy atom. The highest BCUT2D eigenvalue weighted by molar-refractivity contribution is 6.30. The SMILES string of the molecule is O=C=NCc1cccc(Cl)c1. The highest BCUT2D eigenvalue weighted by Gasteiger charge is 1.90. The molecule has 0 atom stereocenters. The standard InChI is InChI=1S/C8H6ClNO/c9-8-3-1-2-7(4-8)5-10-6-11/h1-4H,5H2. The molecule has 1 aromatic carbocycles. The molecule has 0 heterocycles. The van der Waals surface area contributed by atoms with Gasteiger partial charge in [-0.2, -0.15) is 0 Å². The number of carbonyl (C=O) groups excluding carboxylic acids is 1. The van der Waals surface area contributed by atoms with Crippen LogP contribution in [-0.2, 0) is 11.3 Å². The summed E-state index contributed by atoms with van der Waals surface area (Å²) in [6.45, 7) is 0.351. The minimum atomic E-state index is 0.351. The van der Waals surface area contributed by atoms with Crippen molar-refractivity contribution in [1.29, 1.82) is 0 Å². The van der Waals surface area contributed by atoms with Gasteiger partial charge >= 0.3 is 0 Å². The molecule has 0 saturated heterocycles. The van der Waals surface area contributed by atoms with Crippen molar-refractivity contribution in [2.24, 2.45) is 4.99 Å². The van der Waals surface area contributed by atoms with Gasteiger partial charge in [0.25, 0.3) is 0 Å². The predicted octanol–water partition coefficient (Wildman–Crippen LogP) is 2.18. The highest BCUT2D eigenvalue weighted by atomic mass is 35.5. The molecule has 11 heavy (non-hydrogen) atoms. The van der Waals surface area contributed by atoms with E-state index in [0.29, 0.717) is 11.6 Å². The van der Waals surface area contributed by atoms with Gasteiger partial charge in [-0.25, -0.2) is 9.79 Å². The van der Waals surface area contributed by atoms with Crippen LogP contribution in [0.15, 0.2) is 29.3 Å². The Morgan fingerprint density at radius 1 is 1.55 bits per heavy atom. The van der Waals surface area contributed by atoms with Gasteiger partial charge in [0.2, 0.25) is 6.08 Å². The molecule has 0 amide bonds. The molecule has 0 aliphatic carbocycles. The summed E-state index contributed by atoms with van der Waals surface area (Å²) in [5.41, 5.74) is 0.917. The van der Waals surface area contributed by atoms with Crippen molar-refractivity contribution >= 4 is 17.7 Å². The van der Waals surface area contributed by atoms with E-state index in [0.717, 1.165) is 5.56 Å². The number of hydrogen-bond acceptors (Lipinski definition) is 2. The molecular formula is C8H6ClNO. The van der Waals surface area contributed by atoms with Gasteiger partial charge in [-0.05, 0) is 17.7 Å². The van der Waals surface area contributed by atoms with Crippen LogP contribution in [-0.4, -0.2) is 6.08 Å². The maximum absolute atomic E-state index is 9.74. The van der Waals surface area contributed by atoms with Crippen molar-refractivity contribution < 1.29 is 4.79 Å². The summed E-state index contributed by atoms with van der Waals surface area (Å²) in [5.74, 6) is 0. The van der Waals surface area contributed by atoms with Gasteiger partial charge in [0.1, 0.15) is 0 Å². The van der Waals surface area contributed by atoms with Gasteiger partial charge in [0, 0.05) is 5.02 Å². The van der Waals surface area contributed by atoms with Crippen LogP contribution in [0.5, 0.6) is 0 Å². The van der Waals surface area contributed by atoms with Crippen LogP contribution in [0.2, 0.25) is 5.02 Å². The molecule has 0 radical (unpaired) electrons. The lowest BCUT2D eigenvalue weighted by Gasteiger charge is -1.93. The third kappa shape index (κ3) is 2.54. The maximum Gasteiger partial charge on any atom is 0.235 e. The minimum absolute atomic E-state index is 0.351. The van der Waals surface area contributed by atoms with Crippen molar-refractivity contribution in [2.45, 2.75) is 6.54 Å². The molecule has 1 rings (SSSR count). The summed E-state index contributed by atoms with van der Waals surface area (Å²) in [7, 11) is 0. The fourth-order valence-electron chi connectivity index (χ4n) is 0.759. The molecule has 0 fully saturated rings. The van der Waals surface area contributed by atoms with E-state index < -0.39 is 0 Å². The number of hydrogen-bond donors (Lipinski definition) is 0. The van der Waals surface area contributed by atoms with Gasteiger partial charge in [0.05, 0.1) is 6.54 Å². The molecule has 0 N–H and O–H groups in total. The van der Waals surface area contributed by atoms with E-state index in [1.165, 1.54) is 6.08 Å². The summed E-state index contributed by atoms with van der Waals surface area (Å²) >= 11 is 5.68. The Balaban J connectivity index is 2.79. The summed E-state index contributed by atoms with van der Waals surface area (Å²) in [4.78, 5) is 13.2.